The highest BCUT2D eigenvalue weighted by Gasteiger charge is 2.20. The molecular weight excluding hydrogens is 530 g/mol. The first kappa shape index (κ1) is 27.4. The summed E-state index contributed by atoms with van der Waals surface area (Å²) in [6.45, 7) is 8.30. The maximum absolute atomic E-state index is 4.45. The first-order valence-corrected chi connectivity index (χ1v) is 15.4. The Morgan fingerprint density at radius 2 is 1.41 bits per heavy atom. The molecule has 44 heavy (non-hydrogen) atoms. The van der Waals surface area contributed by atoms with E-state index in [1.54, 1.807) is 6.08 Å². The molecule has 0 spiro atoms. The minimum atomic E-state index is 0.880. The normalized spacial score (nSPS) is 14.3. The minimum absolute atomic E-state index is 0.880. The summed E-state index contributed by atoms with van der Waals surface area (Å²) in [5.41, 5.74) is 8.44. The maximum atomic E-state index is 4.45. The van der Waals surface area contributed by atoms with Crippen molar-refractivity contribution >= 4 is 44.6 Å². The van der Waals surface area contributed by atoms with Crippen molar-refractivity contribution in [1.29, 1.82) is 0 Å². The molecule has 0 bridgehead atoms. The van der Waals surface area contributed by atoms with Gasteiger partial charge in [-0.05, 0) is 80.1 Å². The zero-order valence-electron chi connectivity index (χ0n) is 24.9. The average Bonchev–Trinajstić information content (AvgIpc) is 3.36. The molecule has 0 amide bonds. The minimum Gasteiger partial charge on any atom is -0.317 e. The van der Waals surface area contributed by atoms with Crippen molar-refractivity contribution in [3.05, 3.63) is 181 Å². The Kier molecular flexibility index (Phi) is 7.53. The van der Waals surface area contributed by atoms with E-state index in [-0.39, 0.29) is 0 Å². The van der Waals surface area contributed by atoms with Crippen LogP contribution >= 0.6 is 0 Å². The van der Waals surface area contributed by atoms with Crippen LogP contribution < -0.4 is 15.3 Å². The third-order valence-electron chi connectivity index (χ3n) is 8.65. The summed E-state index contributed by atoms with van der Waals surface area (Å²) in [7, 11) is 0. The van der Waals surface area contributed by atoms with Crippen molar-refractivity contribution in [2.24, 2.45) is 0 Å². The Morgan fingerprint density at radius 1 is 0.727 bits per heavy atom. The number of benzene rings is 5. The number of nitrogens with zero attached hydrogens (tertiary/aromatic N) is 1. The molecule has 0 heterocycles. The number of hydrogen-bond donors (Lipinski definition) is 0. The molecule has 0 radical (unpaired) electrons. The predicted molar refractivity (Wildman–Crippen MR) is 192 cm³/mol. The monoisotopic (exact) mass is 565 g/mol. The summed E-state index contributed by atoms with van der Waals surface area (Å²) in [5, 5.41) is 7.51. The highest BCUT2D eigenvalue weighted by molar-refractivity contribution is 6.19. The number of allylic oxidation sites excluding steroid dienone is 9. The fourth-order valence-electron chi connectivity index (χ4n) is 6.73. The largest absolute Gasteiger partial charge is 0.317 e. The molecule has 0 saturated heterocycles. The molecule has 0 saturated carbocycles. The van der Waals surface area contributed by atoms with Gasteiger partial charge in [-0.2, -0.15) is 0 Å². The van der Waals surface area contributed by atoms with Crippen LogP contribution in [0.4, 0.5) is 5.69 Å². The zero-order chi connectivity index (χ0) is 29.9. The van der Waals surface area contributed by atoms with Crippen LogP contribution in [0.3, 0.4) is 0 Å². The van der Waals surface area contributed by atoms with Crippen LogP contribution in [0.1, 0.15) is 24.8 Å². The van der Waals surface area contributed by atoms with E-state index in [2.05, 4.69) is 158 Å². The maximum Gasteiger partial charge on any atom is 0.0455 e. The molecule has 0 fully saturated rings. The molecule has 5 aromatic rings. The van der Waals surface area contributed by atoms with Crippen molar-refractivity contribution in [3.63, 3.8) is 0 Å². The van der Waals surface area contributed by atoms with Crippen molar-refractivity contribution in [2.45, 2.75) is 19.3 Å². The SMILES string of the molecule is C=C/C=C\C(=C)c1c2ccccc2c(-c2ccc(N(C3=CC=CC=CC3)C3=c4ccccc4=CCC3)cc2)c2ccccc12. The van der Waals surface area contributed by atoms with Crippen LogP contribution in [0.15, 0.2) is 165 Å². The van der Waals surface area contributed by atoms with Gasteiger partial charge in [0, 0.05) is 28.7 Å². The van der Waals surface area contributed by atoms with Crippen LogP contribution in [0, 0.1) is 0 Å². The van der Waals surface area contributed by atoms with Gasteiger partial charge in [0.2, 0.25) is 0 Å². The van der Waals surface area contributed by atoms with Crippen LogP contribution in [0.5, 0.6) is 0 Å². The van der Waals surface area contributed by atoms with Gasteiger partial charge in [0.25, 0.3) is 0 Å². The second kappa shape index (κ2) is 12.1. The lowest BCUT2D eigenvalue weighted by molar-refractivity contribution is 0.976. The molecule has 0 N–H and O–H groups in total. The number of rotatable bonds is 7. The summed E-state index contributed by atoms with van der Waals surface area (Å²) in [6, 6.07) is 35.4. The Balaban J connectivity index is 1.42. The third kappa shape index (κ3) is 4.97. The van der Waals surface area contributed by atoms with Gasteiger partial charge in [0.05, 0.1) is 0 Å². The number of hydrogen-bond acceptors (Lipinski definition) is 1. The molecule has 0 aromatic heterocycles. The lowest BCUT2D eigenvalue weighted by atomic mass is 9.86. The molecule has 2 aliphatic carbocycles. The molecule has 1 heteroatoms. The van der Waals surface area contributed by atoms with Gasteiger partial charge in [0.15, 0.2) is 0 Å². The van der Waals surface area contributed by atoms with Crippen molar-refractivity contribution in [1.82, 2.24) is 0 Å². The Bertz CT molecular complexity index is 2110. The fourth-order valence-corrected chi connectivity index (χ4v) is 6.73. The second-order valence-electron chi connectivity index (χ2n) is 11.3. The van der Waals surface area contributed by atoms with Crippen molar-refractivity contribution in [2.75, 3.05) is 4.90 Å². The van der Waals surface area contributed by atoms with E-state index in [9.17, 15) is 0 Å². The first-order chi connectivity index (χ1) is 21.7. The van der Waals surface area contributed by atoms with E-state index in [0.717, 1.165) is 24.8 Å². The zero-order valence-corrected chi connectivity index (χ0v) is 24.9. The van der Waals surface area contributed by atoms with E-state index in [0.29, 0.717) is 0 Å². The van der Waals surface area contributed by atoms with E-state index in [1.165, 1.54) is 65.8 Å². The van der Waals surface area contributed by atoms with E-state index >= 15 is 0 Å². The number of anilines is 1. The van der Waals surface area contributed by atoms with Crippen molar-refractivity contribution < 1.29 is 0 Å². The average molecular weight is 566 g/mol. The first-order valence-electron chi connectivity index (χ1n) is 15.4. The van der Waals surface area contributed by atoms with Crippen molar-refractivity contribution in [3.8, 4) is 11.1 Å². The molecule has 7 rings (SSSR count). The second-order valence-corrected chi connectivity index (χ2v) is 11.3. The smallest absolute Gasteiger partial charge is 0.0455 e. The van der Waals surface area contributed by atoms with Gasteiger partial charge in [-0.3, -0.25) is 0 Å². The molecule has 2 aliphatic rings. The fraction of sp³-hybridized carbons (Fsp3) is 0.0698. The van der Waals surface area contributed by atoms with Gasteiger partial charge in [-0.1, -0.05) is 147 Å². The van der Waals surface area contributed by atoms with E-state index in [4.69, 9.17) is 0 Å². The Morgan fingerprint density at radius 3 is 2.14 bits per heavy atom. The molecule has 0 atom stereocenters. The van der Waals surface area contributed by atoms with Gasteiger partial charge in [-0.15, -0.1) is 0 Å². The highest BCUT2D eigenvalue weighted by Crippen LogP contribution is 2.42. The Labute approximate surface area is 259 Å². The summed E-state index contributed by atoms with van der Waals surface area (Å²) in [6.07, 6.45) is 22.0. The molecule has 5 aromatic carbocycles. The lowest BCUT2D eigenvalue weighted by Crippen LogP contribution is -2.36. The van der Waals surface area contributed by atoms with Gasteiger partial charge >= 0.3 is 0 Å². The molecule has 1 nitrogen and oxygen atoms in total. The van der Waals surface area contributed by atoms with Gasteiger partial charge in [-0.25, -0.2) is 0 Å². The molecule has 0 unspecified atom stereocenters. The predicted octanol–water partition coefficient (Wildman–Crippen LogP) is 10.0. The van der Waals surface area contributed by atoms with E-state index < -0.39 is 0 Å². The highest BCUT2D eigenvalue weighted by atomic mass is 15.2. The summed E-state index contributed by atoms with van der Waals surface area (Å²) < 4.78 is 0. The summed E-state index contributed by atoms with van der Waals surface area (Å²) >= 11 is 0. The van der Waals surface area contributed by atoms with E-state index in [1.807, 2.05) is 6.08 Å². The standard InChI is InChI=1S/C43H35N/c1-3-4-16-31(2)42-37-22-11-13-24-39(37)43(40-25-14-12-23-38(40)42)33-27-29-35(30-28-33)44(34-19-7-5-6-8-20-34)41-26-15-18-32-17-9-10-21-36(32)41/h3-14,16-19,21-25,27-30H,1-2,15,20,26H2/b16-4-. The topological polar surface area (TPSA) is 3.24 Å². The summed E-state index contributed by atoms with van der Waals surface area (Å²) in [4.78, 5) is 2.49. The molecule has 212 valence electrons. The van der Waals surface area contributed by atoms with Crippen LogP contribution in [0.25, 0.3) is 50.0 Å². The number of fused-ring (bicyclic) bond motifs is 3. The lowest BCUT2D eigenvalue weighted by Gasteiger charge is -2.31. The Hall–Kier alpha value is -5.40. The third-order valence-corrected chi connectivity index (χ3v) is 8.65. The summed E-state index contributed by atoms with van der Waals surface area (Å²) in [5.74, 6) is 0. The molecular formula is C43H35N. The van der Waals surface area contributed by atoms with Crippen LogP contribution in [-0.2, 0) is 0 Å². The van der Waals surface area contributed by atoms with Crippen LogP contribution in [0.2, 0.25) is 0 Å². The quantitative estimate of drug-likeness (QED) is 0.140. The van der Waals surface area contributed by atoms with Gasteiger partial charge in [0.1, 0.15) is 0 Å². The van der Waals surface area contributed by atoms with Gasteiger partial charge < -0.3 is 4.90 Å². The van der Waals surface area contributed by atoms with Crippen LogP contribution in [-0.4, -0.2) is 0 Å². The molecule has 0 aliphatic heterocycles.